The summed E-state index contributed by atoms with van der Waals surface area (Å²) < 4.78 is 11.1. The molecule has 1 aromatic heterocycles. The summed E-state index contributed by atoms with van der Waals surface area (Å²) in [4.78, 5) is 11.8. The Bertz CT molecular complexity index is 616. The van der Waals surface area contributed by atoms with Crippen LogP contribution in [0.3, 0.4) is 0 Å². The van der Waals surface area contributed by atoms with Gasteiger partial charge in [-0.25, -0.2) is 0 Å². The molecule has 2 rings (SSSR count). The molecule has 0 unspecified atom stereocenters. The average Bonchev–Trinajstić information content (AvgIpc) is 2.90. The highest BCUT2D eigenvalue weighted by molar-refractivity contribution is 7.15. The molecule has 0 bridgehead atoms. The van der Waals surface area contributed by atoms with Crippen molar-refractivity contribution in [1.82, 2.24) is 10.2 Å². The third kappa shape index (κ3) is 5.00. The fourth-order valence-electron chi connectivity index (χ4n) is 1.79. The maximum Gasteiger partial charge on any atom is 0.226 e. The van der Waals surface area contributed by atoms with E-state index in [1.54, 1.807) is 0 Å². The van der Waals surface area contributed by atoms with Crippen LogP contribution in [0.5, 0.6) is 11.5 Å². The number of aryl methyl sites for hydroxylation is 1. The van der Waals surface area contributed by atoms with Crippen molar-refractivity contribution in [2.45, 2.75) is 26.7 Å². The third-order valence-electron chi connectivity index (χ3n) is 2.73. The third-order valence-corrected chi connectivity index (χ3v) is 3.48. The Morgan fingerprint density at radius 1 is 1.23 bits per heavy atom. The van der Waals surface area contributed by atoms with Crippen LogP contribution in [-0.4, -0.2) is 29.3 Å². The van der Waals surface area contributed by atoms with Gasteiger partial charge in [0, 0.05) is 6.42 Å². The minimum atomic E-state index is -0.0853. The lowest BCUT2D eigenvalue weighted by Gasteiger charge is -2.11. The number of ether oxygens (including phenoxy) is 2. The maximum absolute atomic E-state index is 11.8. The normalized spacial score (nSPS) is 10.3. The van der Waals surface area contributed by atoms with E-state index in [1.807, 2.05) is 38.1 Å². The van der Waals surface area contributed by atoms with Crippen LogP contribution >= 0.6 is 11.3 Å². The van der Waals surface area contributed by atoms with E-state index in [0.717, 1.165) is 10.8 Å². The highest BCUT2D eigenvalue weighted by Gasteiger charge is 2.07. The molecule has 0 saturated carbocycles. The summed E-state index contributed by atoms with van der Waals surface area (Å²) in [7, 11) is 0. The van der Waals surface area contributed by atoms with Gasteiger partial charge in [0.25, 0.3) is 0 Å². The first-order chi connectivity index (χ1) is 10.7. The fourth-order valence-corrected chi connectivity index (χ4v) is 2.40. The SMILES string of the molecule is CCOc1ccccc1OCCCC(=O)Nc1nnc(C)s1. The monoisotopic (exact) mass is 321 g/mol. The molecule has 0 fully saturated rings. The molecule has 0 aliphatic carbocycles. The molecule has 22 heavy (non-hydrogen) atoms. The molecule has 6 nitrogen and oxygen atoms in total. The summed E-state index contributed by atoms with van der Waals surface area (Å²) in [6.07, 6.45) is 0.986. The number of aromatic nitrogens is 2. The molecule has 118 valence electrons. The van der Waals surface area contributed by atoms with Crippen molar-refractivity contribution < 1.29 is 14.3 Å². The van der Waals surface area contributed by atoms with Crippen LogP contribution in [0.4, 0.5) is 5.13 Å². The molecule has 1 N–H and O–H groups in total. The minimum Gasteiger partial charge on any atom is -0.490 e. The molecule has 0 atom stereocenters. The Hall–Kier alpha value is -2.15. The van der Waals surface area contributed by atoms with Gasteiger partial charge in [-0.2, -0.15) is 0 Å². The molecule has 1 amide bonds. The van der Waals surface area contributed by atoms with Gasteiger partial charge >= 0.3 is 0 Å². The van der Waals surface area contributed by atoms with Crippen molar-refractivity contribution in [2.24, 2.45) is 0 Å². The second kappa shape index (κ2) is 8.33. The number of carbonyl (C=O) groups excluding carboxylic acids is 1. The summed E-state index contributed by atoms with van der Waals surface area (Å²) in [5.41, 5.74) is 0. The number of amides is 1. The highest BCUT2D eigenvalue weighted by atomic mass is 32.1. The van der Waals surface area contributed by atoms with Gasteiger partial charge in [0.05, 0.1) is 13.2 Å². The van der Waals surface area contributed by atoms with Gasteiger partial charge in [-0.1, -0.05) is 23.5 Å². The van der Waals surface area contributed by atoms with E-state index in [9.17, 15) is 4.79 Å². The quantitative estimate of drug-likeness (QED) is 0.757. The lowest BCUT2D eigenvalue weighted by molar-refractivity contribution is -0.116. The number of rotatable bonds is 8. The van der Waals surface area contributed by atoms with Crippen molar-refractivity contribution >= 4 is 22.4 Å². The number of anilines is 1. The Kier molecular flexibility index (Phi) is 6.14. The number of benzene rings is 1. The van der Waals surface area contributed by atoms with Crippen LogP contribution in [0, 0.1) is 6.92 Å². The number of nitrogens with zero attached hydrogens (tertiary/aromatic N) is 2. The van der Waals surface area contributed by atoms with E-state index in [1.165, 1.54) is 11.3 Å². The summed E-state index contributed by atoms with van der Waals surface area (Å²) in [6.45, 7) is 4.81. The van der Waals surface area contributed by atoms with Gasteiger partial charge in [-0.3, -0.25) is 4.79 Å². The molecule has 7 heteroatoms. The minimum absolute atomic E-state index is 0.0853. The van der Waals surface area contributed by atoms with Gasteiger partial charge in [0.15, 0.2) is 11.5 Å². The Morgan fingerprint density at radius 3 is 2.59 bits per heavy atom. The Morgan fingerprint density at radius 2 is 1.95 bits per heavy atom. The summed E-state index contributed by atoms with van der Waals surface area (Å²) in [6, 6.07) is 7.51. The Balaban J connectivity index is 1.71. The van der Waals surface area contributed by atoms with E-state index in [-0.39, 0.29) is 5.91 Å². The second-order valence-electron chi connectivity index (χ2n) is 4.51. The number of carbonyl (C=O) groups is 1. The molecule has 0 aliphatic rings. The predicted molar refractivity (Wildman–Crippen MR) is 85.6 cm³/mol. The zero-order chi connectivity index (χ0) is 15.8. The van der Waals surface area contributed by atoms with Gasteiger partial charge in [0.1, 0.15) is 5.01 Å². The van der Waals surface area contributed by atoms with E-state index in [4.69, 9.17) is 9.47 Å². The Labute approximate surface area is 133 Å². The second-order valence-corrected chi connectivity index (χ2v) is 5.69. The van der Waals surface area contributed by atoms with Crippen LogP contribution in [0.15, 0.2) is 24.3 Å². The zero-order valence-electron chi connectivity index (χ0n) is 12.7. The molecule has 1 aromatic carbocycles. The molecule has 0 spiro atoms. The topological polar surface area (TPSA) is 73.3 Å². The smallest absolute Gasteiger partial charge is 0.226 e. The summed E-state index contributed by atoms with van der Waals surface area (Å²) >= 11 is 1.36. The van der Waals surface area contributed by atoms with Crippen LogP contribution in [0.2, 0.25) is 0 Å². The molecule has 0 aliphatic heterocycles. The predicted octanol–water partition coefficient (Wildman–Crippen LogP) is 3.04. The lowest BCUT2D eigenvalue weighted by atomic mass is 10.3. The maximum atomic E-state index is 11.8. The molecular weight excluding hydrogens is 302 g/mol. The van der Waals surface area contributed by atoms with Gasteiger partial charge in [0.2, 0.25) is 11.0 Å². The molecule has 2 aromatic rings. The standard InChI is InChI=1S/C15H19N3O3S/c1-3-20-12-7-4-5-8-13(12)21-10-6-9-14(19)16-15-18-17-11(2)22-15/h4-5,7-8H,3,6,9-10H2,1-2H3,(H,16,18,19). The van der Waals surface area contributed by atoms with Gasteiger partial charge in [-0.15, -0.1) is 10.2 Å². The van der Waals surface area contributed by atoms with Gasteiger partial charge in [-0.05, 0) is 32.4 Å². The van der Waals surface area contributed by atoms with Gasteiger partial charge < -0.3 is 14.8 Å². The van der Waals surface area contributed by atoms with E-state index in [0.29, 0.717) is 36.9 Å². The number of nitrogens with one attached hydrogen (secondary N) is 1. The highest BCUT2D eigenvalue weighted by Crippen LogP contribution is 2.26. The lowest BCUT2D eigenvalue weighted by Crippen LogP contribution is -2.12. The fraction of sp³-hybridized carbons (Fsp3) is 0.400. The number of hydrogen-bond donors (Lipinski definition) is 1. The zero-order valence-corrected chi connectivity index (χ0v) is 13.5. The average molecular weight is 321 g/mol. The van der Waals surface area contributed by atoms with E-state index in [2.05, 4.69) is 15.5 Å². The first kappa shape index (κ1) is 16.2. The van der Waals surface area contributed by atoms with Crippen LogP contribution < -0.4 is 14.8 Å². The van der Waals surface area contributed by atoms with Crippen molar-refractivity contribution in [3.05, 3.63) is 29.3 Å². The first-order valence-corrected chi connectivity index (χ1v) is 7.95. The molecule has 1 heterocycles. The van der Waals surface area contributed by atoms with Crippen molar-refractivity contribution in [3.8, 4) is 11.5 Å². The van der Waals surface area contributed by atoms with Crippen LogP contribution in [0.25, 0.3) is 0 Å². The number of para-hydroxylation sites is 2. The largest absolute Gasteiger partial charge is 0.490 e. The molecule has 0 radical (unpaired) electrons. The first-order valence-electron chi connectivity index (χ1n) is 7.13. The number of hydrogen-bond acceptors (Lipinski definition) is 6. The van der Waals surface area contributed by atoms with Crippen molar-refractivity contribution in [3.63, 3.8) is 0 Å². The van der Waals surface area contributed by atoms with E-state index < -0.39 is 0 Å². The van der Waals surface area contributed by atoms with E-state index >= 15 is 0 Å². The van der Waals surface area contributed by atoms with Crippen LogP contribution in [0.1, 0.15) is 24.8 Å². The van der Waals surface area contributed by atoms with Crippen molar-refractivity contribution in [2.75, 3.05) is 18.5 Å². The summed E-state index contributed by atoms with van der Waals surface area (Å²) in [5, 5.41) is 11.8. The molecular formula is C15H19N3O3S. The van der Waals surface area contributed by atoms with Crippen LogP contribution in [-0.2, 0) is 4.79 Å². The van der Waals surface area contributed by atoms with Crippen molar-refractivity contribution in [1.29, 1.82) is 0 Å². The molecule has 0 saturated heterocycles. The summed E-state index contributed by atoms with van der Waals surface area (Å²) in [5.74, 6) is 1.33.